The molecule has 9 heteroatoms. The largest absolute Gasteiger partial charge is 0.466 e. The molecule has 0 aromatic carbocycles. The Hall–Kier alpha value is -3.01. The number of rotatable bonds is 5. The number of hydrogen-bond acceptors (Lipinski definition) is 8. The van der Waals surface area contributed by atoms with E-state index in [1.165, 1.54) is 19.3 Å². The second-order valence-electron chi connectivity index (χ2n) is 10.8. The first-order valence-corrected chi connectivity index (χ1v) is 12.5. The molecule has 9 nitrogen and oxygen atoms in total. The summed E-state index contributed by atoms with van der Waals surface area (Å²) in [7, 11) is 3.08. The summed E-state index contributed by atoms with van der Waals surface area (Å²) in [5.41, 5.74) is 0.240. The second-order valence-corrected chi connectivity index (χ2v) is 10.8. The van der Waals surface area contributed by atoms with Crippen molar-refractivity contribution in [2.45, 2.75) is 57.7 Å². The van der Waals surface area contributed by atoms with Gasteiger partial charge in [-0.1, -0.05) is 31.6 Å². The van der Waals surface area contributed by atoms with Gasteiger partial charge >= 0.3 is 11.9 Å². The van der Waals surface area contributed by atoms with Gasteiger partial charge in [0.25, 0.3) is 0 Å². The van der Waals surface area contributed by atoms with Gasteiger partial charge in [0, 0.05) is 19.3 Å². The minimum Gasteiger partial charge on any atom is -0.466 e. The summed E-state index contributed by atoms with van der Waals surface area (Å²) in [4.78, 5) is 30.0. The minimum atomic E-state index is -2.08. The maximum atomic E-state index is 12.9. The fraction of sp³-hybridized carbons (Fsp3) is 0.536. The molecule has 0 amide bonds. The number of imidazole rings is 1. The number of aryl methyl sites for hydroxylation is 1. The molecule has 3 heterocycles. The van der Waals surface area contributed by atoms with Crippen molar-refractivity contribution in [1.29, 1.82) is 0 Å². The number of fused-ring (bicyclic) bond motifs is 3. The lowest BCUT2D eigenvalue weighted by atomic mass is 9.64. The molecule has 2 N–H and O–H groups in total. The molecular formula is C28H36N2O7. The van der Waals surface area contributed by atoms with E-state index in [4.69, 9.17) is 14.2 Å². The van der Waals surface area contributed by atoms with Gasteiger partial charge in [-0.05, 0) is 62.2 Å². The number of ether oxygens (including phenoxy) is 3. The quantitative estimate of drug-likeness (QED) is 0.351. The Kier molecular flexibility index (Phi) is 7.34. The Morgan fingerprint density at radius 3 is 2.65 bits per heavy atom. The SMILES string of the molecule is COC(=O)C1=CC2C(CC(OC(=O)C=Cc3cn(C)cn3)C3(C)C=CC1(O)O3)C(C)=CC(O)C2C(C)C. The molecule has 0 fully saturated rings. The highest BCUT2D eigenvalue weighted by Gasteiger charge is 2.54. The number of carbonyl (C=O) groups excluding carboxylic acids is 2. The van der Waals surface area contributed by atoms with Crippen molar-refractivity contribution in [2.75, 3.05) is 7.11 Å². The standard InChI is InChI=1S/C28H36N2O7/c1-16(2)25-20-12-21(26(33)35-6)28(34)10-9-27(4,37-28)23(13-19(20)17(3)11-22(25)31)36-24(32)8-7-18-14-30(5)15-29-18/h7-12,14-16,19-20,22-23,25,31,34H,13H2,1-6H3. The smallest absolute Gasteiger partial charge is 0.339 e. The zero-order valence-corrected chi connectivity index (χ0v) is 22.1. The van der Waals surface area contributed by atoms with E-state index < -0.39 is 35.5 Å². The molecule has 7 unspecified atom stereocenters. The first-order chi connectivity index (χ1) is 17.4. The first kappa shape index (κ1) is 27.0. The highest BCUT2D eigenvalue weighted by molar-refractivity contribution is 5.91. The number of nitrogens with zero attached hydrogens (tertiary/aromatic N) is 2. The zero-order chi connectivity index (χ0) is 27.1. The van der Waals surface area contributed by atoms with Gasteiger partial charge in [-0.3, -0.25) is 0 Å². The monoisotopic (exact) mass is 512 g/mol. The second kappa shape index (κ2) is 10.0. The Balaban J connectivity index is 1.76. The van der Waals surface area contributed by atoms with E-state index in [1.807, 2.05) is 33.9 Å². The van der Waals surface area contributed by atoms with Crippen molar-refractivity contribution in [1.82, 2.24) is 9.55 Å². The van der Waals surface area contributed by atoms with E-state index in [2.05, 4.69) is 4.98 Å². The molecule has 4 rings (SSSR count). The zero-order valence-electron chi connectivity index (χ0n) is 22.1. The lowest BCUT2D eigenvalue weighted by molar-refractivity contribution is -0.216. The van der Waals surface area contributed by atoms with Crippen molar-refractivity contribution < 1.29 is 34.0 Å². The van der Waals surface area contributed by atoms with Crippen molar-refractivity contribution in [3.05, 3.63) is 59.7 Å². The fourth-order valence-electron chi connectivity index (χ4n) is 5.83. The summed E-state index contributed by atoms with van der Waals surface area (Å²) in [5.74, 6) is -4.11. The van der Waals surface area contributed by atoms with Crippen LogP contribution in [0, 0.1) is 23.7 Å². The lowest BCUT2D eigenvalue weighted by Gasteiger charge is -2.43. The maximum absolute atomic E-state index is 12.9. The van der Waals surface area contributed by atoms with Crippen LogP contribution < -0.4 is 0 Å². The van der Waals surface area contributed by atoms with Crippen LogP contribution >= 0.6 is 0 Å². The molecule has 1 aliphatic carbocycles. The van der Waals surface area contributed by atoms with Gasteiger partial charge in [0.05, 0.1) is 30.8 Å². The molecular weight excluding hydrogens is 476 g/mol. The van der Waals surface area contributed by atoms with Crippen molar-refractivity contribution >= 4 is 18.0 Å². The molecule has 1 aromatic rings. The summed E-state index contributed by atoms with van der Waals surface area (Å²) < 4.78 is 18.8. The number of hydrogen-bond donors (Lipinski definition) is 2. The Morgan fingerprint density at radius 2 is 2.03 bits per heavy atom. The van der Waals surface area contributed by atoms with Crippen molar-refractivity contribution in [3.63, 3.8) is 0 Å². The van der Waals surface area contributed by atoms with Crippen LogP contribution in [0.5, 0.6) is 0 Å². The Bertz CT molecular complexity index is 1180. The van der Waals surface area contributed by atoms with E-state index >= 15 is 0 Å². The van der Waals surface area contributed by atoms with E-state index in [-0.39, 0.29) is 29.2 Å². The lowest BCUT2D eigenvalue weighted by Crippen LogP contribution is -2.47. The van der Waals surface area contributed by atoms with Crippen LogP contribution in [0.1, 0.15) is 39.8 Å². The van der Waals surface area contributed by atoms with Crippen LogP contribution in [-0.2, 0) is 30.8 Å². The first-order valence-electron chi connectivity index (χ1n) is 12.5. The molecule has 37 heavy (non-hydrogen) atoms. The number of aliphatic hydroxyl groups is 2. The summed E-state index contributed by atoms with van der Waals surface area (Å²) in [6.45, 7) is 7.66. The van der Waals surface area contributed by atoms with Gasteiger partial charge in [-0.2, -0.15) is 0 Å². The third-order valence-corrected chi connectivity index (χ3v) is 7.74. The molecule has 0 saturated carbocycles. The average Bonchev–Trinajstić information content (AvgIpc) is 3.39. The van der Waals surface area contributed by atoms with Gasteiger partial charge in [0.1, 0.15) is 11.7 Å². The number of aromatic nitrogens is 2. The summed E-state index contributed by atoms with van der Waals surface area (Å²) in [6, 6.07) is 0. The van der Waals surface area contributed by atoms with Crippen molar-refractivity contribution in [3.8, 4) is 0 Å². The highest BCUT2D eigenvalue weighted by Crippen LogP contribution is 2.49. The van der Waals surface area contributed by atoms with Crippen LogP contribution in [0.2, 0.25) is 0 Å². The maximum Gasteiger partial charge on any atom is 0.339 e. The van der Waals surface area contributed by atoms with Crippen LogP contribution in [0.4, 0.5) is 0 Å². The molecule has 7 atom stereocenters. The van der Waals surface area contributed by atoms with Crippen LogP contribution in [0.3, 0.4) is 0 Å². The van der Waals surface area contributed by atoms with Gasteiger partial charge < -0.3 is 29.0 Å². The molecule has 0 saturated heterocycles. The van der Waals surface area contributed by atoms with E-state index in [0.717, 1.165) is 5.57 Å². The van der Waals surface area contributed by atoms with Crippen LogP contribution in [0.25, 0.3) is 6.08 Å². The fourth-order valence-corrected chi connectivity index (χ4v) is 5.83. The van der Waals surface area contributed by atoms with Gasteiger partial charge in [-0.25, -0.2) is 14.6 Å². The van der Waals surface area contributed by atoms with E-state index in [9.17, 15) is 19.8 Å². The molecule has 200 valence electrons. The normalized spacial score (nSPS) is 35.3. The number of carbonyl (C=O) groups is 2. The van der Waals surface area contributed by atoms with Crippen LogP contribution in [-0.4, -0.2) is 62.4 Å². The van der Waals surface area contributed by atoms with Crippen LogP contribution in [0.15, 0.2) is 54.1 Å². The number of allylic oxidation sites excluding steroid dienone is 2. The summed E-state index contributed by atoms with van der Waals surface area (Å²) in [6.07, 6.45) is 11.6. The third kappa shape index (κ3) is 5.21. The molecule has 0 spiro atoms. The van der Waals surface area contributed by atoms with Crippen molar-refractivity contribution in [2.24, 2.45) is 30.7 Å². The Labute approximate surface area is 217 Å². The van der Waals surface area contributed by atoms with E-state index in [1.54, 1.807) is 42.2 Å². The van der Waals surface area contributed by atoms with Gasteiger partial charge in [0.2, 0.25) is 5.79 Å². The predicted molar refractivity (Wildman–Crippen MR) is 135 cm³/mol. The number of methoxy groups -OCH3 is 1. The summed E-state index contributed by atoms with van der Waals surface area (Å²) in [5, 5.41) is 22.5. The molecule has 2 aliphatic heterocycles. The average molecular weight is 513 g/mol. The summed E-state index contributed by atoms with van der Waals surface area (Å²) >= 11 is 0. The third-order valence-electron chi connectivity index (χ3n) is 7.74. The Morgan fingerprint density at radius 1 is 1.30 bits per heavy atom. The van der Waals surface area contributed by atoms with Gasteiger partial charge in [-0.15, -0.1) is 0 Å². The molecule has 3 aliphatic rings. The molecule has 2 bridgehead atoms. The molecule has 1 aromatic heterocycles. The topological polar surface area (TPSA) is 120 Å². The number of aliphatic hydroxyl groups excluding tert-OH is 1. The molecule has 0 radical (unpaired) electrons. The highest BCUT2D eigenvalue weighted by atomic mass is 16.7. The predicted octanol–water partition coefficient (Wildman–Crippen LogP) is 2.71. The van der Waals surface area contributed by atoms with E-state index in [0.29, 0.717) is 12.1 Å². The number of esters is 2. The van der Waals surface area contributed by atoms with Gasteiger partial charge in [0.15, 0.2) is 0 Å². The minimum absolute atomic E-state index is 0.0560.